The van der Waals surface area contributed by atoms with Crippen LogP contribution in [0, 0.1) is 0 Å². The van der Waals surface area contributed by atoms with Crippen molar-refractivity contribution in [1.82, 2.24) is 0 Å². The molecule has 0 heterocycles. The van der Waals surface area contributed by atoms with Crippen LogP contribution in [0.15, 0.2) is 42.5 Å². The van der Waals surface area contributed by atoms with Gasteiger partial charge >= 0.3 is 0 Å². The van der Waals surface area contributed by atoms with Crippen LogP contribution in [0.4, 0.5) is 0 Å². The number of methoxy groups -OCH3 is 1. The van der Waals surface area contributed by atoms with Crippen molar-refractivity contribution in [3.05, 3.63) is 63.6 Å². The molecule has 1 unspecified atom stereocenters. The number of hydrogen-bond donors (Lipinski definition) is 0. The zero-order chi connectivity index (χ0) is 13.8. The Morgan fingerprint density at radius 2 is 1.84 bits per heavy atom. The van der Waals surface area contributed by atoms with Crippen LogP contribution in [0.25, 0.3) is 0 Å². The minimum Gasteiger partial charge on any atom is -0.497 e. The maximum Gasteiger partial charge on any atom is 0.120 e. The summed E-state index contributed by atoms with van der Waals surface area (Å²) in [6.07, 6.45) is 0.783. The predicted octanol–water partition coefficient (Wildman–Crippen LogP) is 5.68. The molecule has 0 spiro atoms. The highest BCUT2D eigenvalue weighted by atomic mass is 79.9. The van der Waals surface area contributed by atoms with Gasteiger partial charge in [0.2, 0.25) is 0 Å². The van der Waals surface area contributed by atoms with E-state index >= 15 is 0 Å². The van der Waals surface area contributed by atoms with Gasteiger partial charge in [-0.1, -0.05) is 63.4 Å². The van der Waals surface area contributed by atoms with Crippen LogP contribution in [0.5, 0.6) is 5.75 Å². The maximum atomic E-state index is 6.27. The fraction of sp³-hybridized carbons (Fsp3) is 0.200. The van der Waals surface area contributed by atoms with E-state index in [0.717, 1.165) is 28.3 Å². The smallest absolute Gasteiger partial charge is 0.120 e. The SMILES string of the molecule is COc1ccc(C(Br)Cc2ccccc2Cl)c(Cl)c1. The van der Waals surface area contributed by atoms with Crippen molar-refractivity contribution in [2.45, 2.75) is 11.2 Å². The monoisotopic (exact) mass is 358 g/mol. The number of ether oxygens (including phenoxy) is 1. The van der Waals surface area contributed by atoms with Crippen molar-refractivity contribution in [2.24, 2.45) is 0 Å². The van der Waals surface area contributed by atoms with Crippen molar-refractivity contribution >= 4 is 39.1 Å². The molecule has 0 N–H and O–H groups in total. The lowest BCUT2D eigenvalue weighted by Crippen LogP contribution is -1.97. The van der Waals surface area contributed by atoms with E-state index in [1.165, 1.54) is 0 Å². The van der Waals surface area contributed by atoms with Crippen molar-refractivity contribution in [1.29, 1.82) is 0 Å². The molecule has 2 aromatic carbocycles. The molecule has 100 valence electrons. The summed E-state index contributed by atoms with van der Waals surface area (Å²) in [6, 6.07) is 13.5. The topological polar surface area (TPSA) is 9.23 Å². The summed E-state index contributed by atoms with van der Waals surface area (Å²) < 4.78 is 5.15. The molecule has 0 aromatic heterocycles. The van der Waals surface area contributed by atoms with E-state index < -0.39 is 0 Å². The number of benzene rings is 2. The summed E-state index contributed by atoms with van der Waals surface area (Å²) in [4.78, 5) is 0.116. The lowest BCUT2D eigenvalue weighted by molar-refractivity contribution is 0.414. The molecule has 0 aliphatic carbocycles. The molecule has 1 nitrogen and oxygen atoms in total. The van der Waals surface area contributed by atoms with Crippen LogP contribution >= 0.6 is 39.1 Å². The molecule has 0 bridgehead atoms. The first kappa shape index (κ1) is 14.7. The molecular weight excluding hydrogens is 347 g/mol. The highest BCUT2D eigenvalue weighted by molar-refractivity contribution is 9.09. The second-order valence-corrected chi connectivity index (χ2v) is 6.07. The normalized spacial score (nSPS) is 12.2. The van der Waals surface area contributed by atoms with E-state index in [9.17, 15) is 0 Å². The molecule has 1 atom stereocenters. The van der Waals surface area contributed by atoms with Gasteiger partial charge in [0.05, 0.1) is 7.11 Å². The molecule has 0 saturated carbocycles. The Hall–Kier alpha value is -0.700. The summed E-state index contributed by atoms with van der Waals surface area (Å²) >= 11 is 16.1. The number of hydrogen-bond acceptors (Lipinski definition) is 1. The summed E-state index contributed by atoms with van der Waals surface area (Å²) in [5, 5.41) is 1.46. The Morgan fingerprint density at radius 1 is 1.11 bits per heavy atom. The minimum absolute atomic E-state index is 0.116. The third kappa shape index (κ3) is 3.65. The Labute approximate surface area is 131 Å². The molecular formula is C15H13BrCl2O. The van der Waals surface area contributed by atoms with Gasteiger partial charge in [0.1, 0.15) is 5.75 Å². The fourth-order valence-electron chi connectivity index (χ4n) is 1.86. The number of rotatable bonds is 4. The van der Waals surface area contributed by atoms with Gasteiger partial charge in [-0.2, -0.15) is 0 Å². The van der Waals surface area contributed by atoms with Gasteiger partial charge in [0.25, 0.3) is 0 Å². The fourth-order valence-corrected chi connectivity index (χ4v) is 3.25. The number of halogens is 3. The first-order valence-electron chi connectivity index (χ1n) is 5.82. The van der Waals surface area contributed by atoms with Gasteiger partial charge in [-0.3, -0.25) is 0 Å². The highest BCUT2D eigenvalue weighted by Gasteiger charge is 2.14. The number of alkyl halides is 1. The lowest BCUT2D eigenvalue weighted by atomic mass is 10.0. The largest absolute Gasteiger partial charge is 0.497 e. The predicted molar refractivity (Wildman–Crippen MR) is 84.8 cm³/mol. The molecule has 0 radical (unpaired) electrons. The molecule has 0 aliphatic rings. The minimum atomic E-state index is 0.116. The molecule has 19 heavy (non-hydrogen) atoms. The van der Waals surface area contributed by atoms with Crippen LogP contribution in [0.2, 0.25) is 10.0 Å². The van der Waals surface area contributed by atoms with Crippen LogP contribution < -0.4 is 4.74 Å². The zero-order valence-electron chi connectivity index (χ0n) is 10.4. The first-order chi connectivity index (χ1) is 9.11. The van der Waals surface area contributed by atoms with Crippen molar-refractivity contribution in [2.75, 3.05) is 7.11 Å². The Bertz CT molecular complexity index is 572. The second-order valence-electron chi connectivity index (χ2n) is 4.15. The third-order valence-corrected chi connectivity index (χ3v) is 4.42. The first-order valence-corrected chi connectivity index (χ1v) is 7.50. The average molecular weight is 360 g/mol. The van der Waals surface area contributed by atoms with E-state index in [0.29, 0.717) is 5.02 Å². The lowest BCUT2D eigenvalue weighted by Gasteiger charge is -2.14. The Balaban J connectivity index is 2.21. The molecule has 0 aliphatic heterocycles. The van der Waals surface area contributed by atoms with Gasteiger partial charge in [-0.15, -0.1) is 0 Å². The summed E-state index contributed by atoms with van der Waals surface area (Å²) in [7, 11) is 1.63. The van der Waals surface area contributed by atoms with Crippen LogP contribution in [-0.4, -0.2) is 7.11 Å². The van der Waals surface area contributed by atoms with Crippen LogP contribution in [0.1, 0.15) is 16.0 Å². The van der Waals surface area contributed by atoms with Crippen LogP contribution in [0.3, 0.4) is 0 Å². The van der Waals surface area contributed by atoms with Gasteiger partial charge < -0.3 is 4.74 Å². The van der Waals surface area contributed by atoms with Gasteiger partial charge in [0.15, 0.2) is 0 Å². The third-order valence-electron chi connectivity index (χ3n) is 2.90. The van der Waals surface area contributed by atoms with E-state index in [2.05, 4.69) is 15.9 Å². The van der Waals surface area contributed by atoms with E-state index in [1.54, 1.807) is 7.11 Å². The Morgan fingerprint density at radius 3 is 2.47 bits per heavy atom. The summed E-state index contributed by atoms with van der Waals surface area (Å²) in [6.45, 7) is 0. The Kier molecular flexibility index (Phi) is 5.14. The van der Waals surface area contributed by atoms with Gasteiger partial charge in [0, 0.05) is 14.9 Å². The molecule has 2 aromatic rings. The summed E-state index contributed by atoms with van der Waals surface area (Å²) in [5.41, 5.74) is 2.13. The summed E-state index contributed by atoms with van der Waals surface area (Å²) in [5.74, 6) is 0.756. The zero-order valence-corrected chi connectivity index (χ0v) is 13.5. The standard InChI is InChI=1S/C15H13BrCl2O/c1-19-11-6-7-12(15(18)9-11)13(16)8-10-4-2-3-5-14(10)17/h2-7,9,13H,8H2,1H3. The molecule has 0 fully saturated rings. The van der Waals surface area contributed by atoms with Crippen molar-refractivity contribution < 1.29 is 4.74 Å². The highest BCUT2D eigenvalue weighted by Crippen LogP contribution is 2.35. The molecule has 2 rings (SSSR count). The van der Waals surface area contributed by atoms with E-state index in [1.807, 2.05) is 42.5 Å². The maximum absolute atomic E-state index is 6.27. The molecule has 0 amide bonds. The van der Waals surface area contributed by atoms with Gasteiger partial charge in [-0.05, 0) is 35.7 Å². The average Bonchev–Trinajstić information content (AvgIpc) is 2.41. The van der Waals surface area contributed by atoms with Crippen LogP contribution in [-0.2, 0) is 6.42 Å². The van der Waals surface area contributed by atoms with Crippen molar-refractivity contribution in [3.63, 3.8) is 0 Å². The molecule has 4 heteroatoms. The van der Waals surface area contributed by atoms with Gasteiger partial charge in [-0.25, -0.2) is 0 Å². The van der Waals surface area contributed by atoms with E-state index in [-0.39, 0.29) is 4.83 Å². The van der Waals surface area contributed by atoms with E-state index in [4.69, 9.17) is 27.9 Å². The quantitative estimate of drug-likeness (QED) is 0.638. The van der Waals surface area contributed by atoms with Crippen molar-refractivity contribution in [3.8, 4) is 5.75 Å². The molecule has 0 saturated heterocycles. The second kappa shape index (κ2) is 6.65.